The number of hydrogen-bond donors (Lipinski definition) is 0. The number of methoxy groups -OCH3 is 1. The highest BCUT2D eigenvalue weighted by Crippen LogP contribution is 2.27. The highest BCUT2D eigenvalue weighted by Gasteiger charge is 2.32. The van der Waals surface area contributed by atoms with Gasteiger partial charge in [0.25, 0.3) is 5.91 Å². The molecule has 0 bridgehead atoms. The fraction of sp³-hybridized carbons (Fsp3) is 0.458. The van der Waals surface area contributed by atoms with Gasteiger partial charge in [-0.3, -0.25) is 9.59 Å². The average molecular weight is 459 g/mol. The minimum absolute atomic E-state index is 0. The first kappa shape index (κ1) is 24.0. The van der Waals surface area contributed by atoms with Crippen LogP contribution in [0.2, 0.25) is 0 Å². The van der Waals surface area contributed by atoms with Crippen LogP contribution >= 0.6 is 12.4 Å². The number of piperazine rings is 1. The number of nitrogens with zero attached hydrogens (tertiary/aromatic N) is 4. The largest absolute Gasteiger partial charge is 0.383 e. The summed E-state index contributed by atoms with van der Waals surface area (Å²) in [6, 6.07) is 9.59. The van der Waals surface area contributed by atoms with Gasteiger partial charge in [-0.05, 0) is 55.7 Å². The SMILES string of the molecule is COCC1CCC(=O)N1c1ccc(C(=O)N2CCN(c3ncc(C)cc3C)CC2)cc1.Cl. The van der Waals surface area contributed by atoms with Crippen LogP contribution in [0.25, 0.3) is 0 Å². The van der Waals surface area contributed by atoms with Crippen LogP contribution in [0.1, 0.15) is 34.3 Å². The number of amides is 2. The second kappa shape index (κ2) is 10.3. The van der Waals surface area contributed by atoms with Crippen molar-refractivity contribution in [3.8, 4) is 0 Å². The predicted molar refractivity (Wildman–Crippen MR) is 128 cm³/mol. The highest BCUT2D eigenvalue weighted by atomic mass is 35.5. The maximum Gasteiger partial charge on any atom is 0.253 e. The number of rotatable bonds is 5. The van der Waals surface area contributed by atoms with Crippen LogP contribution in [0.5, 0.6) is 0 Å². The second-order valence-electron chi connectivity index (χ2n) is 8.39. The molecule has 32 heavy (non-hydrogen) atoms. The Morgan fingerprint density at radius 1 is 1.12 bits per heavy atom. The predicted octanol–water partition coefficient (Wildman–Crippen LogP) is 3.22. The summed E-state index contributed by atoms with van der Waals surface area (Å²) in [5.41, 5.74) is 3.80. The van der Waals surface area contributed by atoms with Crippen LogP contribution in [0.15, 0.2) is 36.5 Å². The van der Waals surface area contributed by atoms with Gasteiger partial charge in [-0.25, -0.2) is 4.98 Å². The normalized spacial score (nSPS) is 18.7. The molecule has 3 heterocycles. The Kier molecular flexibility index (Phi) is 7.74. The first-order chi connectivity index (χ1) is 15.0. The van der Waals surface area contributed by atoms with E-state index in [-0.39, 0.29) is 30.3 Å². The highest BCUT2D eigenvalue weighted by molar-refractivity contribution is 5.98. The molecule has 1 aromatic heterocycles. The van der Waals surface area contributed by atoms with Crippen molar-refractivity contribution in [1.29, 1.82) is 0 Å². The minimum Gasteiger partial charge on any atom is -0.383 e. The molecule has 2 fully saturated rings. The number of halogens is 1. The summed E-state index contributed by atoms with van der Waals surface area (Å²) >= 11 is 0. The molecule has 0 saturated carbocycles. The van der Waals surface area contributed by atoms with Gasteiger partial charge in [-0.2, -0.15) is 0 Å². The zero-order valence-electron chi connectivity index (χ0n) is 18.9. The van der Waals surface area contributed by atoms with E-state index in [9.17, 15) is 9.59 Å². The molecular weight excluding hydrogens is 428 g/mol. The zero-order chi connectivity index (χ0) is 22.0. The summed E-state index contributed by atoms with van der Waals surface area (Å²) in [7, 11) is 1.65. The molecule has 1 aromatic carbocycles. The van der Waals surface area contributed by atoms with Crippen molar-refractivity contribution in [1.82, 2.24) is 9.88 Å². The molecule has 172 valence electrons. The lowest BCUT2D eigenvalue weighted by molar-refractivity contribution is -0.117. The van der Waals surface area contributed by atoms with Crippen LogP contribution < -0.4 is 9.80 Å². The third kappa shape index (κ3) is 4.89. The van der Waals surface area contributed by atoms with Gasteiger partial charge in [0.1, 0.15) is 5.82 Å². The third-order valence-corrected chi connectivity index (χ3v) is 6.13. The first-order valence-electron chi connectivity index (χ1n) is 10.9. The number of hydrogen-bond acceptors (Lipinski definition) is 5. The number of pyridine rings is 1. The van der Waals surface area contributed by atoms with Crippen LogP contribution in [0, 0.1) is 13.8 Å². The van der Waals surface area contributed by atoms with Crippen molar-refractivity contribution >= 4 is 35.7 Å². The molecule has 8 heteroatoms. The van der Waals surface area contributed by atoms with E-state index in [2.05, 4.69) is 22.9 Å². The zero-order valence-corrected chi connectivity index (χ0v) is 19.7. The molecular formula is C24H31ClN4O3. The van der Waals surface area contributed by atoms with Crippen LogP contribution in [0.3, 0.4) is 0 Å². The molecule has 2 aromatic rings. The summed E-state index contributed by atoms with van der Waals surface area (Å²) in [5, 5.41) is 0. The van der Waals surface area contributed by atoms with Gasteiger partial charge >= 0.3 is 0 Å². The van der Waals surface area contributed by atoms with E-state index < -0.39 is 0 Å². The molecule has 0 spiro atoms. The van der Waals surface area contributed by atoms with Gasteiger partial charge in [0.15, 0.2) is 0 Å². The fourth-order valence-electron chi connectivity index (χ4n) is 4.56. The maximum atomic E-state index is 13.0. The van der Waals surface area contributed by atoms with Crippen molar-refractivity contribution in [2.75, 3.05) is 49.7 Å². The van der Waals surface area contributed by atoms with Gasteiger partial charge in [0.2, 0.25) is 5.91 Å². The monoisotopic (exact) mass is 458 g/mol. The Morgan fingerprint density at radius 3 is 2.44 bits per heavy atom. The summed E-state index contributed by atoms with van der Waals surface area (Å²) in [4.78, 5) is 35.8. The Hall–Kier alpha value is -2.64. The lowest BCUT2D eigenvalue weighted by atomic mass is 10.1. The minimum atomic E-state index is 0. The smallest absolute Gasteiger partial charge is 0.253 e. The molecule has 2 saturated heterocycles. The van der Waals surface area contributed by atoms with E-state index in [4.69, 9.17) is 4.74 Å². The van der Waals surface area contributed by atoms with Gasteiger partial charge in [-0.15, -0.1) is 12.4 Å². The van der Waals surface area contributed by atoms with E-state index in [0.717, 1.165) is 36.6 Å². The molecule has 2 aliphatic rings. The quantitative estimate of drug-likeness (QED) is 0.688. The molecule has 7 nitrogen and oxygen atoms in total. The number of anilines is 2. The topological polar surface area (TPSA) is 66.0 Å². The second-order valence-corrected chi connectivity index (χ2v) is 8.39. The molecule has 1 unspecified atom stereocenters. The van der Waals surface area contributed by atoms with E-state index in [0.29, 0.717) is 31.7 Å². The molecule has 2 aliphatic heterocycles. The van der Waals surface area contributed by atoms with Crippen LogP contribution in [-0.4, -0.2) is 67.6 Å². The van der Waals surface area contributed by atoms with E-state index in [1.54, 1.807) is 12.0 Å². The summed E-state index contributed by atoms with van der Waals surface area (Å²) in [6.45, 7) is 7.50. The standard InChI is InChI=1S/C24H30N4O3.ClH/c1-17-14-18(2)23(25-15-17)26-10-12-27(13-11-26)24(30)19-4-6-20(7-5-19)28-21(16-31-3)8-9-22(28)29;/h4-7,14-15,21H,8-13,16H2,1-3H3;1H. The van der Waals surface area contributed by atoms with E-state index in [1.165, 1.54) is 5.56 Å². The number of carbonyl (C=O) groups is 2. The van der Waals surface area contributed by atoms with Crippen molar-refractivity contribution < 1.29 is 14.3 Å². The summed E-state index contributed by atoms with van der Waals surface area (Å²) < 4.78 is 5.26. The first-order valence-corrected chi connectivity index (χ1v) is 10.9. The summed E-state index contributed by atoms with van der Waals surface area (Å²) in [6.07, 6.45) is 3.23. The number of aryl methyl sites for hydroxylation is 2. The van der Waals surface area contributed by atoms with Crippen molar-refractivity contribution in [3.05, 3.63) is 53.2 Å². The van der Waals surface area contributed by atoms with Gasteiger partial charge in [0, 0.05) is 57.2 Å². The fourth-order valence-corrected chi connectivity index (χ4v) is 4.56. The Morgan fingerprint density at radius 2 is 1.81 bits per heavy atom. The van der Waals surface area contributed by atoms with Crippen molar-refractivity contribution in [2.24, 2.45) is 0 Å². The maximum absolute atomic E-state index is 13.0. The third-order valence-electron chi connectivity index (χ3n) is 6.13. The lowest BCUT2D eigenvalue weighted by Gasteiger charge is -2.36. The van der Waals surface area contributed by atoms with Gasteiger partial charge in [0.05, 0.1) is 12.6 Å². The number of aromatic nitrogens is 1. The summed E-state index contributed by atoms with van der Waals surface area (Å²) in [5.74, 6) is 1.14. The Bertz CT molecular complexity index is 958. The molecule has 0 N–H and O–H groups in total. The Balaban J connectivity index is 0.00000289. The van der Waals surface area contributed by atoms with Crippen LogP contribution in [0.4, 0.5) is 11.5 Å². The number of ether oxygens (including phenoxy) is 1. The number of carbonyl (C=O) groups excluding carboxylic acids is 2. The Labute approximate surface area is 195 Å². The van der Waals surface area contributed by atoms with Crippen LogP contribution in [-0.2, 0) is 9.53 Å². The van der Waals surface area contributed by atoms with E-state index >= 15 is 0 Å². The van der Waals surface area contributed by atoms with E-state index in [1.807, 2.05) is 42.3 Å². The average Bonchev–Trinajstić information content (AvgIpc) is 3.14. The molecule has 0 aliphatic carbocycles. The van der Waals surface area contributed by atoms with Crippen molar-refractivity contribution in [3.63, 3.8) is 0 Å². The molecule has 0 radical (unpaired) electrons. The molecule has 4 rings (SSSR count). The van der Waals surface area contributed by atoms with Crippen molar-refractivity contribution in [2.45, 2.75) is 32.7 Å². The number of benzene rings is 1. The molecule has 1 atom stereocenters. The molecule has 2 amide bonds. The van der Waals surface area contributed by atoms with Gasteiger partial charge in [-0.1, -0.05) is 6.07 Å². The lowest BCUT2D eigenvalue weighted by Crippen LogP contribution is -2.49. The van der Waals surface area contributed by atoms with Gasteiger partial charge < -0.3 is 19.4 Å².